The molecule has 2 aromatic rings. The van der Waals surface area contributed by atoms with E-state index in [2.05, 4.69) is 24.5 Å². The smallest absolute Gasteiger partial charge is 0.255 e. The summed E-state index contributed by atoms with van der Waals surface area (Å²) < 4.78 is 0. The van der Waals surface area contributed by atoms with Crippen LogP contribution >= 0.6 is 0 Å². The quantitative estimate of drug-likeness (QED) is 0.817. The number of hydrogen-bond acceptors (Lipinski definition) is 2. The Kier molecular flexibility index (Phi) is 6.34. The lowest BCUT2D eigenvalue weighted by Crippen LogP contribution is -2.27. The Morgan fingerprint density at radius 1 is 0.880 bits per heavy atom. The average molecular weight is 338 g/mol. The van der Waals surface area contributed by atoms with Crippen molar-refractivity contribution in [1.29, 1.82) is 0 Å². The fourth-order valence-corrected chi connectivity index (χ4v) is 2.51. The third kappa shape index (κ3) is 5.18. The van der Waals surface area contributed by atoms with Crippen LogP contribution in [0.3, 0.4) is 0 Å². The second-order valence-corrected chi connectivity index (χ2v) is 6.88. The zero-order valence-electron chi connectivity index (χ0n) is 15.3. The summed E-state index contributed by atoms with van der Waals surface area (Å²) in [4.78, 5) is 24.8. The van der Waals surface area contributed by atoms with Gasteiger partial charge in [-0.2, -0.15) is 0 Å². The highest BCUT2D eigenvalue weighted by molar-refractivity contribution is 6.06. The molecular weight excluding hydrogens is 312 g/mol. The Morgan fingerprint density at radius 3 is 2.16 bits per heavy atom. The van der Waals surface area contributed by atoms with Crippen LogP contribution in [0.5, 0.6) is 0 Å². The van der Waals surface area contributed by atoms with Gasteiger partial charge in [0.25, 0.3) is 11.8 Å². The number of para-hydroxylation sites is 1. The predicted molar refractivity (Wildman–Crippen MR) is 102 cm³/mol. The number of rotatable bonds is 6. The Bertz CT molecular complexity index is 751. The second kappa shape index (κ2) is 8.47. The third-order valence-electron chi connectivity index (χ3n) is 3.89. The number of hydrogen-bond donors (Lipinski definition) is 2. The van der Waals surface area contributed by atoms with Gasteiger partial charge in [-0.25, -0.2) is 0 Å². The lowest BCUT2D eigenvalue weighted by Gasteiger charge is -2.14. The van der Waals surface area contributed by atoms with E-state index in [-0.39, 0.29) is 11.8 Å². The van der Waals surface area contributed by atoms with Crippen LogP contribution in [-0.4, -0.2) is 18.4 Å². The summed E-state index contributed by atoms with van der Waals surface area (Å²) in [5, 5.41) is 5.82. The summed E-state index contributed by atoms with van der Waals surface area (Å²) in [7, 11) is 0. The first-order valence-electron chi connectivity index (χ1n) is 8.67. The molecule has 0 radical (unpaired) electrons. The number of nitrogens with one attached hydrogen (secondary N) is 2. The van der Waals surface area contributed by atoms with Gasteiger partial charge >= 0.3 is 0 Å². The van der Waals surface area contributed by atoms with Gasteiger partial charge in [-0.15, -0.1) is 0 Å². The molecule has 0 atom stereocenters. The standard InChI is InChI=1S/C21H26N2O2/c1-14(2)13-22-20(24)16-8-7-9-17(12-16)21(25)23-19-11-6-5-10-18(19)15(3)4/h5-12,14-15H,13H2,1-4H3,(H,22,24)(H,23,25). The van der Waals surface area contributed by atoms with Crippen LogP contribution in [0.1, 0.15) is 59.9 Å². The molecule has 0 fully saturated rings. The number of amides is 2. The van der Waals surface area contributed by atoms with Gasteiger partial charge in [0.15, 0.2) is 0 Å². The van der Waals surface area contributed by atoms with Crippen molar-refractivity contribution < 1.29 is 9.59 Å². The molecule has 0 aliphatic carbocycles. The van der Waals surface area contributed by atoms with Crippen LogP contribution < -0.4 is 10.6 Å². The van der Waals surface area contributed by atoms with E-state index in [9.17, 15) is 9.59 Å². The minimum atomic E-state index is -0.216. The largest absolute Gasteiger partial charge is 0.352 e. The van der Waals surface area contributed by atoms with Crippen molar-refractivity contribution in [3.05, 3.63) is 65.2 Å². The van der Waals surface area contributed by atoms with Crippen molar-refractivity contribution in [3.8, 4) is 0 Å². The molecule has 132 valence electrons. The van der Waals surface area contributed by atoms with Crippen LogP contribution in [0.4, 0.5) is 5.69 Å². The molecule has 2 amide bonds. The van der Waals surface area contributed by atoms with Gasteiger partial charge in [-0.05, 0) is 41.7 Å². The SMILES string of the molecule is CC(C)CNC(=O)c1cccc(C(=O)Nc2ccccc2C(C)C)c1. The van der Waals surface area contributed by atoms with E-state index in [1.807, 2.05) is 38.1 Å². The minimum absolute atomic E-state index is 0.161. The van der Waals surface area contributed by atoms with Crippen molar-refractivity contribution in [2.45, 2.75) is 33.6 Å². The van der Waals surface area contributed by atoms with Gasteiger partial charge in [0, 0.05) is 23.4 Å². The molecule has 0 spiro atoms. The molecule has 2 N–H and O–H groups in total. The van der Waals surface area contributed by atoms with Crippen molar-refractivity contribution in [3.63, 3.8) is 0 Å². The first-order valence-corrected chi connectivity index (χ1v) is 8.67. The summed E-state index contributed by atoms with van der Waals surface area (Å²) in [6.45, 7) is 8.86. The number of carbonyl (C=O) groups is 2. The topological polar surface area (TPSA) is 58.2 Å². The normalized spacial score (nSPS) is 10.8. The highest BCUT2D eigenvalue weighted by atomic mass is 16.2. The third-order valence-corrected chi connectivity index (χ3v) is 3.89. The molecule has 25 heavy (non-hydrogen) atoms. The van der Waals surface area contributed by atoms with Gasteiger partial charge in [0.1, 0.15) is 0 Å². The Hall–Kier alpha value is -2.62. The van der Waals surface area contributed by atoms with Gasteiger partial charge in [-0.1, -0.05) is 52.0 Å². The van der Waals surface area contributed by atoms with Crippen LogP contribution in [0, 0.1) is 5.92 Å². The fourth-order valence-electron chi connectivity index (χ4n) is 2.51. The number of carbonyl (C=O) groups excluding carboxylic acids is 2. The zero-order valence-corrected chi connectivity index (χ0v) is 15.3. The van der Waals surface area contributed by atoms with Crippen LogP contribution in [0.25, 0.3) is 0 Å². The van der Waals surface area contributed by atoms with Crippen molar-refractivity contribution in [1.82, 2.24) is 5.32 Å². The molecule has 0 saturated carbocycles. The van der Waals surface area contributed by atoms with E-state index < -0.39 is 0 Å². The van der Waals surface area contributed by atoms with Gasteiger partial charge in [0.05, 0.1) is 0 Å². The molecular formula is C21H26N2O2. The van der Waals surface area contributed by atoms with E-state index in [1.165, 1.54) is 0 Å². The molecule has 4 nitrogen and oxygen atoms in total. The number of anilines is 1. The average Bonchev–Trinajstić information content (AvgIpc) is 2.60. The number of benzene rings is 2. The van der Waals surface area contributed by atoms with Gasteiger partial charge in [-0.3, -0.25) is 9.59 Å². The van der Waals surface area contributed by atoms with Crippen LogP contribution in [0.2, 0.25) is 0 Å². The molecule has 0 bridgehead atoms. The summed E-state index contributed by atoms with van der Waals surface area (Å²) in [6, 6.07) is 14.6. The van der Waals surface area contributed by atoms with E-state index in [0.29, 0.717) is 29.5 Å². The highest BCUT2D eigenvalue weighted by Crippen LogP contribution is 2.24. The second-order valence-electron chi connectivity index (χ2n) is 6.88. The lowest BCUT2D eigenvalue weighted by molar-refractivity contribution is 0.0949. The van der Waals surface area contributed by atoms with Gasteiger partial charge in [0.2, 0.25) is 0 Å². The first-order chi connectivity index (χ1) is 11.9. The van der Waals surface area contributed by atoms with E-state index >= 15 is 0 Å². The van der Waals surface area contributed by atoms with Gasteiger partial charge < -0.3 is 10.6 Å². The summed E-state index contributed by atoms with van der Waals surface area (Å²) in [5.41, 5.74) is 2.85. The van der Waals surface area contributed by atoms with E-state index in [4.69, 9.17) is 0 Å². The molecule has 4 heteroatoms. The summed E-state index contributed by atoms with van der Waals surface area (Å²) in [5.74, 6) is 0.310. The fraction of sp³-hybridized carbons (Fsp3) is 0.333. The van der Waals surface area contributed by atoms with Crippen molar-refractivity contribution >= 4 is 17.5 Å². The Morgan fingerprint density at radius 2 is 1.52 bits per heavy atom. The Labute approximate surface area is 149 Å². The zero-order chi connectivity index (χ0) is 18.4. The molecule has 0 aliphatic rings. The lowest BCUT2D eigenvalue weighted by atomic mass is 10.0. The highest BCUT2D eigenvalue weighted by Gasteiger charge is 2.13. The molecule has 2 rings (SSSR count). The molecule has 0 aliphatic heterocycles. The Balaban J connectivity index is 2.15. The molecule has 0 saturated heterocycles. The summed E-state index contributed by atoms with van der Waals surface area (Å²) in [6.07, 6.45) is 0. The van der Waals surface area contributed by atoms with Crippen LogP contribution in [0.15, 0.2) is 48.5 Å². The van der Waals surface area contributed by atoms with Crippen molar-refractivity contribution in [2.24, 2.45) is 5.92 Å². The van der Waals surface area contributed by atoms with E-state index in [1.54, 1.807) is 24.3 Å². The van der Waals surface area contributed by atoms with Crippen LogP contribution in [-0.2, 0) is 0 Å². The predicted octanol–water partition coefficient (Wildman–Crippen LogP) is 4.45. The first kappa shape index (κ1) is 18.7. The maximum absolute atomic E-state index is 12.6. The van der Waals surface area contributed by atoms with Crippen molar-refractivity contribution in [2.75, 3.05) is 11.9 Å². The summed E-state index contributed by atoms with van der Waals surface area (Å²) >= 11 is 0. The molecule has 2 aromatic carbocycles. The maximum Gasteiger partial charge on any atom is 0.255 e. The monoisotopic (exact) mass is 338 g/mol. The molecule has 0 unspecified atom stereocenters. The minimum Gasteiger partial charge on any atom is -0.352 e. The van der Waals surface area contributed by atoms with E-state index in [0.717, 1.165) is 11.3 Å². The molecule has 0 aromatic heterocycles. The maximum atomic E-state index is 12.6. The molecule has 0 heterocycles.